The maximum Gasteiger partial charge on any atom is 0.308 e. The highest BCUT2D eigenvalue weighted by Gasteiger charge is 2.12. The third-order valence-electron chi connectivity index (χ3n) is 1.02. The zero-order chi connectivity index (χ0) is 7.28. The van der Waals surface area contributed by atoms with Crippen LogP contribution in [0.3, 0.4) is 0 Å². The molecule has 4 heteroatoms. The van der Waals surface area contributed by atoms with Crippen molar-refractivity contribution < 1.29 is 9.90 Å². The summed E-state index contributed by atoms with van der Waals surface area (Å²) in [5, 5.41) is 11.2. The summed E-state index contributed by atoms with van der Waals surface area (Å²) in [5.41, 5.74) is 0. The van der Waals surface area contributed by atoms with Crippen LogP contribution in [0.25, 0.3) is 0 Å². The van der Waals surface area contributed by atoms with Crippen molar-refractivity contribution in [3.63, 3.8) is 0 Å². The van der Waals surface area contributed by atoms with Crippen LogP contribution in [-0.2, 0) is 4.79 Å². The molecule has 0 spiro atoms. The monoisotopic (exact) mass is 149 g/mol. The Morgan fingerprint density at radius 1 is 1.89 bits per heavy atom. The highest BCUT2D eigenvalue weighted by atomic mass is 32.1. The van der Waals surface area contributed by atoms with E-state index in [2.05, 4.69) is 17.9 Å². The van der Waals surface area contributed by atoms with Gasteiger partial charge >= 0.3 is 5.97 Å². The lowest BCUT2D eigenvalue weighted by Crippen LogP contribution is -2.27. The SMILES string of the molecule is CNCC(CS)C(=O)O. The molecule has 1 atom stereocenters. The van der Waals surface area contributed by atoms with Gasteiger partial charge in [-0.1, -0.05) is 0 Å². The second kappa shape index (κ2) is 4.64. The van der Waals surface area contributed by atoms with Gasteiger partial charge in [0, 0.05) is 12.3 Å². The predicted octanol–water partition coefficient (Wildman–Crippen LogP) is -0.164. The molecule has 0 saturated carbocycles. The van der Waals surface area contributed by atoms with E-state index in [1.54, 1.807) is 7.05 Å². The molecule has 0 aliphatic heterocycles. The molecule has 0 amide bonds. The van der Waals surface area contributed by atoms with Crippen molar-refractivity contribution in [3.8, 4) is 0 Å². The summed E-state index contributed by atoms with van der Waals surface area (Å²) in [4.78, 5) is 10.2. The predicted molar refractivity (Wildman–Crippen MR) is 38.9 cm³/mol. The van der Waals surface area contributed by atoms with E-state index in [0.29, 0.717) is 12.3 Å². The first kappa shape index (κ1) is 8.78. The molecule has 54 valence electrons. The number of hydrogen-bond acceptors (Lipinski definition) is 3. The Kier molecular flexibility index (Phi) is 4.53. The van der Waals surface area contributed by atoms with Crippen LogP contribution in [0, 0.1) is 5.92 Å². The molecule has 0 saturated heterocycles. The molecule has 0 heterocycles. The van der Waals surface area contributed by atoms with Crippen LogP contribution in [0.4, 0.5) is 0 Å². The maximum absolute atomic E-state index is 10.2. The Labute approximate surface area is 59.9 Å². The fourth-order valence-corrected chi connectivity index (χ4v) is 0.762. The first-order valence-electron chi connectivity index (χ1n) is 2.70. The summed E-state index contributed by atoms with van der Waals surface area (Å²) >= 11 is 3.87. The fourth-order valence-electron chi connectivity index (χ4n) is 0.476. The minimum absolute atomic E-state index is 0.363. The number of nitrogens with one attached hydrogen (secondary N) is 1. The Morgan fingerprint density at radius 3 is 2.56 bits per heavy atom. The van der Waals surface area contributed by atoms with Crippen molar-refractivity contribution in [1.29, 1.82) is 0 Å². The lowest BCUT2D eigenvalue weighted by molar-refractivity contribution is -0.140. The van der Waals surface area contributed by atoms with Crippen LogP contribution in [0.2, 0.25) is 0 Å². The van der Waals surface area contributed by atoms with Gasteiger partial charge in [0.05, 0.1) is 5.92 Å². The zero-order valence-electron chi connectivity index (χ0n) is 5.29. The first-order chi connectivity index (χ1) is 4.22. The molecule has 0 aromatic carbocycles. The van der Waals surface area contributed by atoms with E-state index in [1.165, 1.54) is 0 Å². The molecule has 0 aliphatic rings. The molecule has 0 aromatic heterocycles. The fraction of sp³-hybridized carbons (Fsp3) is 0.800. The lowest BCUT2D eigenvalue weighted by atomic mass is 10.2. The van der Waals surface area contributed by atoms with E-state index in [0.717, 1.165) is 0 Å². The van der Waals surface area contributed by atoms with Gasteiger partial charge in [-0.25, -0.2) is 0 Å². The van der Waals surface area contributed by atoms with Crippen LogP contribution >= 0.6 is 12.6 Å². The number of rotatable bonds is 4. The smallest absolute Gasteiger partial charge is 0.308 e. The molecule has 2 N–H and O–H groups in total. The Bertz CT molecular complexity index is 97.0. The molecular formula is C5H11NO2S. The molecule has 0 radical (unpaired) electrons. The molecular weight excluding hydrogens is 138 g/mol. The van der Waals surface area contributed by atoms with Crippen molar-refractivity contribution >= 4 is 18.6 Å². The number of carbonyl (C=O) groups is 1. The largest absolute Gasteiger partial charge is 0.481 e. The van der Waals surface area contributed by atoms with Gasteiger partial charge in [-0.2, -0.15) is 12.6 Å². The molecule has 0 rings (SSSR count). The molecule has 9 heavy (non-hydrogen) atoms. The second-order valence-electron chi connectivity index (χ2n) is 1.78. The molecule has 1 unspecified atom stereocenters. The van der Waals surface area contributed by atoms with Crippen LogP contribution < -0.4 is 5.32 Å². The van der Waals surface area contributed by atoms with Crippen molar-refractivity contribution in [2.75, 3.05) is 19.3 Å². The summed E-state index contributed by atoms with van der Waals surface area (Å²) in [5.74, 6) is -0.770. The molecule has 0 aromatic rings. The quantitative estimate of drug-likeness (QED) is 0.487. The third-order valence-corrected chi connectivity index (χ3v) is 1.46. The van der Waals surface area contributed by atoms with Crippen molar-refractivity contribution in [2.45, 2.75) is 0 Å². The highest BCUT2D eigenvalue weighted by Crippen LogP contribution is 1.96. The first-order valence-corrected chi connectivity index (χ1v) is 3.34. The summed E-state index contributed by atoms with van der Waals surface area (Å²) in [6, 6.07) is 0. The average molecular weight is 149 g/mol. The minimum Gasteiger partial charge on any atom is -0.481 e. The summed E-state index contributed by atoms with van der Waals surface area (Å²) in [7, 11) is 1.72. The topological polar surface area (TPSA) is 49.3 Å². The lowest BCUT2D eigenvalue weighted by Gasteiger charge is -2.06. The third kappa shape index (κ3) is 3.37. The Morgan fingerprint density at radius 2 is 2.44 bits per heavy atom. The maximum atomic E-state index is 10.2. The number of thiol groups is 1. The Balaban J connectivity index is 3.54. The van der Waals surface area contributed by atoms with E-state index in [9.17, 15) is 4.79 Å². The Hall–Kier alpha value is -0.220. The van der Waals surface area contributed by atoms with Gasteiger partial charge in [0.2, 0.25) is 0 Å². The molecule has 3 nitrogen and oxygen atoms in total. The van der Waals surface area contributed by atoms with Crippen molar-refractivity contribution in [1.82, 2.24) is 5.32 Å². The van der Waals surface area contributed by atoms with Crippen molar-refractivity contribution in [2.24, 2.45) is 5.92 Å². The van der Waals surface area contributed by atoms with Crippen molar-refractivity contribution in [3.05, 3.63) is 0 Å². The second-order valence-corrected chi connectivity index (χ2v) is 2.14. The zero-order valence-corrected chi connectivity index (χ0v) is 6.19. The van der Waals surface area contributed by atoms with Gasteiger partial charge < -0.3 is 10.4 Å². The van der Waals surface area contributed by atoms with E-state index in [-0.39, 0.29) is 5.92 Å². The number of hydrogen-bond donors (Lipinski definition) is 3. The van der Waals surface area contributed by atoms with Gasteiger partial charge in [0.15, 0.2) is 0 Å². The number of aliphatic carboxylic acids is 1. The van der Waals surface area contributed by atoms with E-state index >= 15 is 0 Å². The summed E-state index contributed by atoms with van der Waals surface area (Å²) < 4.78 is 0. The van der Waals surface area contributed by atoms with Crippen LogP contribution in [-0.4, -0.2) is 30.4 Å². The van der Waals surface area contributed by atoms with Gasteiger partial charge in [-0.15, -0.1) is 0 Å². The van der Waals surface area contributed by atoms with Gasteiger partial charge in [0.1, 0.15) is 0 Å². The molecule has 0 fully saturated rings. The van der Waals surface area contributed by atoms with E-state index in [4.69, 9.17) is 5.11 Å². The molecule has 0 aliphatic carbocycles. The van der Waals surface area contributed by atoms with Gasteiger partial charge in [0.25, 0.3) is 0 Å². The van der Waals surface area contributed by atoms with Gasteiger partial charge in [-0.05, 0) is 7.05 Å². The summed E-state index contributed by atoms with van der Waals surface area (Å²) in [6.07, 6.45) is 0. The highest BCUT2D eigenvalue weighted by molar-refractivity contribution is 7.80. The average Bonchev–Trinajstić information content (AvgIpc) is 1.82. The van der Waals surface area contributed by atoms with Crippen LogP contribution in [0.1, 0.15) is 0 Å². The van der Waals surface area contributed by atoms with Crippen LogP contribution in [0.5, 0.6) is 0 Å². The molecule has 0 bridgehead atoms. The summed E-state index contributed by atoms with van der Waals surface area (Å²) in [6.45, 7) is 0.485. The van der Waals surface area contributed by atoms with Gasteiger partial charge in [-0.3, -0.25) is 4.79 Å². The minimum atomic E-state index is -0.792. The normalized spacial score (nSPS) is 13.1. The number of carboxylic acids is 1. The van der Waals surface area contributed by atoms with Crippen LogP contribution in [0.15, 0.2) is 0 Å². The van der Waals surface area contributed by atoms with E-state index in [1.807, 2.05) is 0 Å². The number of carboxylic acid groups (broad SMARTS) is 1. The standard InChI is InChI=1S/C5H11NO2S/c1-6-2-4(3-9)5(7)8/h4,6,9H,2-3H2,1H3,(H,7,8). The van der Waals surface area contributed by atoms with E-state index < -0.39 is 5.97 Å².